The lowest BCUT2D eigenvalue weighted by molar-refractivity contribution is -0.152. The van der Waals surface area contributed by atoms with Gasteiger partial charge in [-0.3, -0.25) is 9.59 Å². The van der Waals surface area contributed by atoms with Crippen LogP contribution in [0.4, 0.5) is 0 Å². The van der Waals surface area contributed by atoms with Crippen LogP contribution in [-0.4, -0.2) is 43.5 Å². The Kier molecular flexibility index (Phi) is 8.82. The third-order valence-electron chi connectivity index (χ3n) is 5.72. The molecule has 0 bridgehead atoms. The third-order valence-corrected chi connectivity index (χ3v) is 7.88. The van der Waals surface area contributed by atoms with Gasteiger partial charge in [-0.2, -0.15) is 0 Å². The van der Waals surface area contributed by atoms with E-state index in [-0.39, 0.29) is 23.6 Å². The van der Waals surface area contributed by atoms with Crippen molar-refractivity contribution in [3.8, 4) is 11.5 Å². The predicted molar refractivity (Wildman–Crippen MR) is 134 cm³/mol. The molecule has 0 saturated heterocycles. The number of benzene rings is 2. The summed E-state index contributed by atoms with van der Waals surface area (Å²) in [6, 6.07) is 18.8. The fourth-order valence-electron chi connectivity index (χ4n) is 3.93. The Hall–Kier alpha value is -3.72. The highest BCUT2D eigenvalue weighted by Gasteiger charge is 2.36. The molecule has 0 fully saturated rings. The van der Waals surface area contributed by atoms with Gasteiger partial charge in [0.25, 0.3) is 0 Å². The largest absolute Gasteiger partial charge is 0.503 e. The maximum atomic E-state index is 13.5. The zero-order valence-electron chi connectivity index (χ0n) is 20.3. The monoisotopic (exact) mass is 511 g/mol. The van der Waals surface area contributed by atoms with Crippen LogP contribution in [0.5, 0.6) is 11.5 Å². The molecule has 3 rings (SSSR count). The number of ketones is 1. The molecule has 0 radical (unpaired) electrons. The minimum atomic E-state index is -3.78. The number of aromatic nitrogens is 1. The molecule has 3 atom stereocenters. The van der Waals surface area contributed by atoms with Gasteiger partial charge < -0.3 is 14.6 Å². The molecule has 0 aliphatic rings. The van der Waals surface area contributed by atoms with Crippen LogP contribution in [0.25, 0.3) is 0 Å². The molecule has 0 amide bonds. The second kappa shape index (κ2) is 11.8. The molecule has 0 unspecified atom stereocenters. The van der Waals surface area contributed by atoms with E-state index in [9.17, 15) is 23.1 Å². The second-order valence-corrected chi connectivity index (χ2v) is 10.6. The number of Topliss-reactive ketones (excluding diaryl/α,β-unsaturated/α-hetero) is 1. The van der Waals surface area contributed by atoms with E-state index in [2.05, 4.69) is 4.98 Å². The summed E-state index contributed by atoms with van der Waals surface area (Å²) in [6.07, 6.45) is 0.0137. The summed E-state index contributed by atoms with van der Waals surface area (Å²) in [5.41, 5.74) is 0.916. The number of carbonyl (C=O) groups excluding carboxylic acids is 2. The van der Waals surface area contributed by atoms with E-state index in [1.165, 1.54) is 33.2 Å². The molecule has 0 aliphatic carbocycles. The zero-order valence-corrected chi connectivity index (χ0v) is 21.1. The molecule has 0 aliphatic heterocycles. The van der Waals surface area contributed by atoms with Gasteiger partial charge in [0.15, 0.2) is 32.8 Å². The Morgan fingerprint density at radius 2 is 1.58 bits per heavy atom. The molecule has 190 valence electrons. The first-order valence-corrected chi connectivity index (χ1v) is 13.1. The number of sulfone groups is 1. The second-order valence-electron chi connectivity index (χ2n) is 8.50. The first kappa shape index (κ1) is 26.9. The maximum absolute atomic E-state index is 13.5. The molecule has 1 heterocycles. The van der Waals surface area contributed by atoms with Crippen LogP contribution in [-0.2, 0) is 25.1 Å². The Morgan fingerprint density at radius 3 is 2.19 bits per heavy atom. The van der Waals surface area contributed by atoms with Gasteiger partial charge in [-0.05, 0) is 18.1 Å². The summed E-state index contributed by atoms with van der Waals surface area (Å²) in [6.45, 7) is 3.03. The maximum Gasteiger partial charge on any atom is 0.309 e. The van der Waals surface area contributed by atoms with Crippen molar-refractivity contribution >= 4 is 21.6 Å². The van der Waals surface area contributed by atoms with Crippen molar-refractivity contribution < 1.29 is 32.6 Å². The van der Waals surface area contributed by atoms with Gasteiger partial charge >= 0.3 is 5.97 Å². The van der Waals surface area contributed by atoms with Gasteiger partial charge in [-0.1, -0.05) is 67.6 Å². The van der Waals surface area contributed by atoms with Gasteiger partial charge in [0.1, 0.15) is 11.4 Å². The minimum absolute atomic E-state index is 0.0894. The molecule has 0 spiro atoms. The van der Waals surface area contributed by atoms with Crippen LogP contribution < -0.4 is 4.74 Å². The van der Waals surface area contributed by atoms with Crippen LogP contribution in [0.1, 0.15) is 47.1 Å². The number of methoxy groups -OCH3 is 1. The van der Waals surface area contributed by atoms with Crippen LogP contribution in [0, 0.1) is 5.92 Å². The van der Waals surface area contributed by atoms with Gasteiger partial charge in [-0.25, -0.2) is 13.4 Å². The van der Waals surface area contributed by atoms with Crippen LogP contribution in [0.3, 0.4) is 0 Å². The average Bonchev–Trinajstić information content (AvgIpc) is 2.84. The van der Waals surface area contributed by atoms with Crippen LogP contribution in [0.2, 0.25) is 0 Å². The van der Waals surface area contributed by atoms with Crippen LogP contribution in [0.15, 0.2) is 72.9 Å². The fraction of sp³-hybridized carbons (Fsp3) is 0.296. The number of carbonyl (C=O) groups is 2. The van der Waals surface area contributed by atoms with Crippen molar-refractivity contribution in [3.63, 3.8) is 0 Å². The number of aromatic hydroxyl groups is 1. The smallest absolute Gasteiger partial charge is 0.309 e. The number of hydrogen-bond donors (Lipinski definition) is 1. The lowest BCUT2D eigenvalue weighted by atomic mass is 10.0. The van der Waals surface area contributed by atoms with Crippen molar-refractivity contribution in [2.24, 2.45) is 5.92 Å². The van der Waals surface area contributed by atoms with E-state index in [0.717, 1.165) is 0 Å². The number of nitrogens with zero attached hydrogens (tertiary/aromatic N) is 1. The summed E-state index contributed by atoms with van der Waals surface area (Å²) in [7, 11) is -2.43. The number of esters is 1. The summed E-state index contributed by atoms with van der Waals surface area (Å²) >= 11 is 0. The van der Waals surface area contributed by atoms with Crippen LogP contribution >= 0.6 is 0 Å². The fourth-order valence-corrected chi connectivity index (χ4v) is 5.98. The SMILES string of the molecule is COc1ccnc(C(=O)C[C@@H](C)C(=O)O[C@@H](C)[C@@H](c2ccccc2)S(=O)(=O)Cc2ccccc2)c1O. The highest BCUT2D eigenvalue weighted by molar-refractivity contribution is 7.90. The molecule has 3 aromatic rings. The molecule has 2 aromatic carbocycles. The minimum Gasteiger partial charge on any atom is -0.503 e. The molecule has 8 nitrogen and oxygen atoms in total. The summed E-state index contributed by atoms with van der Waals surface area (Å²) < 4.78 is 37.5. The standard InChI is InChI=1S/C27H29NO7S/c1-18(16-22(29)24-25(30)23(34-3)14-15-28-24)27(31)35-19(2)26(21-12-8-5-9-13-21)36(32,33)17-20-10-6-4-7-11-20/h4-15,18-19,26,30H,16-17H2,1-3H3/t18-,19+,26+/m1/s1. The molecular formula is C27H29NO7S. The lowest BCUT2D eigenvalue weighted by Gasteiger charge is -2.26. The topological polar surface area (TPSA) is 120 Å². The van der Waals surface area contributed by atoms with E-state index < -0.39 is 44.6 Å². The molecular weight excluding hydrogens is 482 g/mol. The molecule has 0 saturated carbocycles. The zero-order chi connectivity index (χ0) is 26.3. The highest BCUT2D eigenvalue weighted by Crippen LogP contribution is 2.32. The Labute approximate surface area is 210 Å². The van der Waals surface area contributed by atoms with Gasteiger partial charge in [0.2, 0.25) is 0 Å². The van der Waals surface area contributed by atoms with Gasteiger partial charge in [-0.15, -0.1) is 0 Å². The number of pyridine rings is 1. The van der Waals surface area contributed by atoms with Crippen molar-refractivity contribution in [2.75, 3.05) is 7.11 Å². The van der Waals surface area contributed by atoms with E-state index in [4.69, 9.17) is 9.47 Å². The lowest BCUT2D eigenvalue weighted by Crippen LogP contribution is -2.32. The Morgan fingerprint density at radius 1 is 0.972 bits per heavy atom. The van der Waals surface area contributed by atoms with Gasteiger partial charge in [0.05, 0.1) is 18.8 Å². The van der Waals surface area contributed by atoms with Crippen molar-refractivity contribution in [1.82, 2.24) is 4.98 Å². The normalized spacial score (nSPS) is 13.9. The summed E-state index contributed by atoms with van der Waals surface area (Å²) in [5.74, 6) is -2.74. The first-order valence-electron chi connectivity index (χ1n) is 11.4. The molecule has 36 heavy (non-hydrogen) atoms. The number of rotatable bonds is 11. The first-order chi connectivity index (χ1) is 17.1. The summed E-state index contributed by atoms with van der Waals surface area (Å²) in [5, 5.41) is 9.07. The average molecular weight is 512 g/mol. The van der Waals surface area contributed by atoms with Crippen molar-refractivity contribution in [1.29, 1.82) is 0 Å². The van der Waals surface area contributed by atoms with E-state index >= 15 is 0 Å². The third kappa shape index (κ3) is 6.48. The molecule has 9 heteroatoms. The summed E-state index contributed by atoms with van der Waals surface area (Å²) in [4.78, 5) is 29.4. The number of hydrogen-bond acceptors (Lipinski definition) is 8. The molecule has 1 aromatic heterocycles. The van der Waals surface area contributed by atoms with E-state index in [1.54, 1.807) is 60.7 Å². The van der Waals surface area contributed by atoms with Gasteiger partial charge in [0, 0.05) is 18.7 Å². The Balaban J connectivity index is 1.77. The van der Waals surface area contributed by atoms with Crippen molar-refractivity contribution in [3.05, 3.63) is 89.7 Å². The number of ether oxygens (including phenoxy) is 2. The molecule has 1 N–H and O–H groups in total. The van der Waals surface area contributed by atoms with Crippen molar-refractivity contribution in [2.45, 2.75) is 37.4 Å². The van der Waals surface area contributed by atoms with E-state index in [0.29, 0.717) is 11.1 Å². The Bertz CT molecular complexity index is 1290. The van der Waals surface area contributed by atoms with E-state index in [1.807, 2.05) is 0 Å². The highest BCUT2D eigenvalue weighted by atomic mass is 32.2. The quantitative estimate of drug-likeness (QED) is 0.299. The predicted octanol–water partition coefficient (Wildman–Crippen LogP) is 4.29.